The molecule has 148 valence electrons. The normalized spacial score (nSPS) is 19.8. The molecular formula is C25H31NO2. The van der Waals surface area contributed by atoms with Crippen LogP contribution in [0.1, 0.15) is 54.9 Å². The molecule has 1 aliphatic heterocycles. The van der Waals surface area contributed by atoms with Crippen LogP contribution in [0, 0.1) is 11.8 Å². The smallest absolute Gasteiger partial charge is 0.414 e. The van der Waals surface area contributed by atoms with Gasteiger partial charge in [0, 0.05) is 6.54 Å². The van der Waals surface area contributed by atoms with Gasteiger partial charge in [0.2, 0.25) is 0 Å². The number of amides is 1. The van der Waals surface area contributed by atoms with E-state index in [-0.39, 0.29) is 6.09 Å². The summed E-state index contributed by atoms with van der Waals surface area (Å²) in [5, 5.41) is 0. The molecule has 0 fully saturated rings. The fourth-order valence-electron chi connectivity index (χ4n) is 5.12. The molecule has 2 unspecified atom stereocenters. The van der Waals surface area contributed by atoms with Gasteiger partial charge in [-0.2, -0.15) is 0 Å². The van der Waals surface area contributed by atoms with Crippen LogP contribution in [0.4, 0.5) is 10.5 Å². The van der Waals surface area contributed by atoms with Gasteiger partial charge in [0.15, 0.2) is 0 Å². The van der Waals surface area contributed by atoms with Crippen molar-refractivity contribution < 1.29 is 9.53 Å². The van der Waals surface area contributed by atoms with E-state index in [1.54, 1.807) is 0 Å². The first-order valence-corrected chi connectivity index (χ1v) is 10.7. The van der Waals surface area contributed by atoms with Gasteiger partial charge in [0.05, 0.1) is 12.8 Å². The van der Waals surface area contributed by atoms with Gasteiger partial charge in [0.1, 0.15) is 0 Å². The SMILES string of the molecule is CCC(C)C1CCN(C(=O)OC)c2ccc(CC3Cc4ccccc4C3)cc21. The Kier molecular flexibility index (Phi) is 5.43. The Morgan fingerprint density at radius 1 is 1.18 bits per heavy atom. The summed E-state index contributed by atoms with van der Waals surface area (Å²) in [6, 6.07) is 15.6. The summed E-state index contributed by atoms with van der Waals surface area (Å²) in [7, 11) is 1.47. The second kappa shape index (κ2) is 7.98. The highest BCUT2D eigenvalue weighted by Crippen LogP contribution is 2.42. The molecule has 2 aromatic rings. The highest BCUT2D eigenvalue weighted by molar-refractivity contribution is 5.89. The number of hydrogen-bond donors (Lipinski definition) is 0. The average molecular weight is 378 g/mol. The molecule has 2 aromatic carbocycles. The molecule has 1 heterocycles. The second-order valence-electron chi connectivity index (χ2n) is 8.54. The van der Waals surface area contributed by atoms with Crippen molar-refractivity contribution >= 4 is 11.8 Å². The van der Waals surface area contributed by atoms with Crippen molar-refractivity contribution in [2.45, 2.75) is 51.9 Å². The number of nitrogens with zero attached hydrogens (tertiary/aromatic N) is 1. The minimum Gasteiger partial charge on any atom is -0.452 e. The first kappa shape index (κ1) is 19.0. The molecule has 3 nitrogen and oxygen atoms in total. The van der Waals surface area contributed by atoms with Crippen LogP contribution in [0.2, 0.25) is 0 Å². The molecule has 0 aromatic heterocycles. The molecule has 0 saturated heterocycles. The van der Waals surface area contributed by atoms with E-state index in [0.717, 1.165) is 31.5 Å². The van der Waals surface area contributed by atoms with Crippen LogP contribution in [0.15, 0.2) is 42.5 Å². The number of rotatable bonds is 4. The summed E-state index contributed by atoms with van der Waals surface area (Å²) in [4.78, 5) is 14.1. The van der Waals surface area contributed by atoms with Gasteiger partial charge >= 0.3 is 6.09 Å². The Morgan fingerprint density at radius 2 is 1.89 bits per heavy atom. The number of ether oxygens (including phenoxy) is 1. The lowest BCUT2D eigenvalue weighted by Crippen LogP contribution is -2.37. The Morgan fingerprint density at radius 3 is 2.54 bits per heavy atom. The number of carbonyl (C=O) groups is 1. The molecule has 1 aliphatic carbocycles. The highest BCUT2D eigenvalue weighted by Gasteiger charge is 2.32. The third-order valence-electron chi connectivity index (χ3n) is 6.83. The van der Waals surface area contributed by atoms with Crippen LogP contribution in [0.5, 0.6) is 0 Å². The Bertz CT molecular complexity index is 834. The predicted molar refractivity (Wildman–Crippen MR) is 114 cm³/mol. The van der Waals surface area contributed by atoms with Crippen LogP contribution in [-0.4, -0.2) is 19.7 Å². The van der Waals surface area contributed by atoms with E-state index in [9.17, 15) is 4.79 Å². The summed E-state index contributed by atoms with van der Waals surface area (Å²) in [5.41, 5.74) is 6.80. The molecule has 3 heteroatoms. The molecule has 0 spiro atoms. The van der Waals surface area contributed by atoms with Crippen LogP contribution < -0.4 is 4.90 Å². The summed E-state index contributed by atoms with van der Waals surface area (Å²) in [6.07, 6.45) is 5.38. The Hall–Kier alpha value is -2.29. The lowest BCUT2D eigenvalue weighted by Gasteiger charge is -2.36. The maximum atomic E-state index is 12.3. The summed E-state index contributed by atoms with van der Waals surface area (Å²) in [6.45, 7) is 5.34. The van der Waals surface area contributed by atoms with Crippen molar-refractivity contribution in [2.24, 2.45) is 11.8 Å². The van der Waals surface area contributed by atoms with Gasteiger partial charge in [-0.25, -0.2) is 4.79 Å². The zero-order valence-corrected chi connectivity index (χ0v) is 17.3. The summed E-state index contributed by atoms with van der Waals surface area (Å²) in [5.74, 6) is 1.81. The highest BCUT2D eigenvalue weighted by atomic mass is 16.5. The maximum Gasteiger partial charge on any atom is 0.414 e. The molecule has 1 amide bonds. The molecular weight excluding hydrogens is 346 g/mol. The monoisotopic (exact) mass is 377 g/mol. The zero-order chi connectivity index (χ0) is 19.7. The molecule has 0 bridgehead atoms. The van der Waals surface area contributed by atoms with Crippen molar-refractivity contribution in [1.29, 1.82) is 0 Å². The Labute approximate surface area is 168 Å². The van der Waals surface area contributed by atoms with E-state index in [4.69, 9.17) is 4.74 Å². The fraction of sp³-hybridized carbons (Fsp3) is 0.480. The molecule has 2 atom stereocenters. The summed E-state index contributed by atoms with van der Waals surface area (Å²) < 4.78 is 5.03. The van der Waals surface area contributed by atoms with E-state index in [0.29, 0.717) is 17.8 Å². The van der Waals surface area contributed by atoms with Crippen LogP contribution in [0.3, 0.4) is 0 Å². The number of methoxy groups -OCH3 is 1. The van der Waals surface area contributed by atoms with Crippen LogP contribution in [0.25, 0.3) is 0 Å². The maximum absolute atomic E-state index is 12.3. The van der Waals surface area contributed by atoms with E-state index < -0.39 is 0 Å². The van der Waals surface area contributed by atoms with Gasteiger partial charge in [-0.15, -0.1) is 0 Å². The lowest BCUT2D eigenvalue weighted by molar-refractivity contribution is 0.177. The average Bonchev–Trinajstić information content (AvgIpc) is 3.14. The molecule has 28 heavy (non-hydrogen) atoms. The van der Waals surface area contributed by atoms with Gasteiger partial charge < -0.3 is 4.74 Å². The van der Waals surface area contributed by atoms with Gasteiger partial charge in [-0.05, 0) is 71.8 Å². The van der Waals surface area contributed by atoms with Crippen LogP contribution >= 0.6 is 0 Å². The first-order valence-electron chi connectivity index (χ1n) is 10.7. The molecule has 0 saturated carbocycles. The third-order valence-corrected chi connectivity index (χ3v) is 6.83. The number of carbonyl (C=O) groups excluding carboxylic acids is 1. The van der Waals surface area contributed by atoms with E-state index in [1.807, 2.05) is 4.90 Å². The van der Waals surface area contributed by atoms with Crippen molar-refractivity contribution in [2.75, 3.05) is 18.6 Å². The molecule has 4 rings (SSSR count). The van der Waals surface area contributed by atoms with Gasteiger partial charge in [0.25, 0.3) is 0 Å². The minimum absolute atomic E-state index is 0.247. The van der Waals surface area contributed by atoms with Crippen molar-refractivity contribution in [3.8, 4) is 0 Å². The van der Waals surface area contributed by atoms with E-state index in [1.165, 1.54) is 42.2 Å². The van der Waals surface area contributed by atoms with Crippen molar-refractivity contribution in [1.82, 2.24) is 0 Å². The fourth-order valence-corrected chi connectivity index (χ4v) is 5.12. The molecule has 0 radical (unpaired) electrons. The standard InChI is InChI=1S/C25H31NO2/c1-4-17(2)22-11-12-26(25(27)28-3)24-10-9-18(16-23(22)24)13-19-14-20-7-5-6-8-21(20)15-19/h5-10,16-17,19,22H,4,11-15H2,1-3H3. The number of anilines is 1. The van der Waals surface area contributed by atoms with E-state index >= 15 is 0 Å². The van der Waals surface area contributed by atoms with E-state index in [2.05, 4.69) is 56.3 Å². The largest absolute Gasteiger partial charge is 0.452 e. The van der Waals surface area contributed by atoms with Crippen LogP contribution in [-0.2, 0) is 24.0 Å². The van der Waals surface area contributed by atoms with Crippen molar-refractivity contribution in [3.05, 3.63) is 64.7 Å². The number of benzene rings is 2. The van der Waals surface area contributed by atoms with Gasteiger partial charge in [-0.1, -0.05) is 56.7 Å². The summed E-state index contributed by atoms with van der Waals surface area (Å²) >= 11 is 0. The quantitative estimate of drug-likeness (QED) is 0.679. The second-order valence-corrected chi connectivity index (χ2v) is 8.54. The number of hydrogen-bond acceptors (Lipinski definition) is 2. The van der Waals surface area contributed by atoms with Crippen molar-refractivity contribution in [3.63, 3.8) is 0 Å². The molecule has 0 N–H and O–H groups in total. The topological polar surface area (TPSA) is 29.5 Å². The third kappa shape index (κ3) is 3.55. The van der Waals surface area contributed by atoms with Gasteiger partial charge in [-0.3, -0.25) is 4.90 Å². The number of fused-ring (bicyclic) bond motifs is 2. The predicted octanol–water partition coefficient (Wildman–Crippen LogP) is 5.75. The first-order chi connectivity index (χ1) is 13.6. The molecule has 2 aliphatic rings. The minimum atomic E-state index is -0.247. The lowest BCUT2D eigenvalue weighted by atomic mass is 9.79. The zero-order valence-electron chi connectivity index (χ0n) is 17.3. The Balaban J connectivity index is 1.60.